The second-order valence-corrected chi connectivity index (χ2v) is 6.18. The molecule has 0 fully saturated rings. The molecule has 0 N–H and O–H groups in total. The number of hydrogen-bond donors (Lipinski definition) is 0. The monoisotopic (exact) mass is 303 g/mol. The zero-order chi connectivity index (χ0) is 15.5. The van der Waals surface area contributed by atoms with Gasteiger partial charge in [-0.1, -0.05) is 6.08 Å². The number of carbonyl (C=O) groups is 1. The first-order valence-electron chi connectivity index (χ1n) is 8.26. The summed E-state index contributed by atoms with van der Waals surface area (Å²) in [6.07, 6.45) is 8.33. The third kappa shape index (κ3) is 2.82. The number of aryl methyl sites for hydroxylation is 1. The number of rotatable bonds is 4. The number of hydrogen-bond acceptors (Lipinski definition) is 3. The Hall–Kier alpha value is -1.62. The van der Waals surface area contributed by atoms with Crippen LogP contribution in [0.15, 0.2) is 17.8 Å². The number of amides is 1. The van der Waals surface area contributed by atoms with E-state index in [-0.39, 0.29) is 11.8 Å². The second-order valence-electron chi connectivity index (χ2n) is 6.18. The highest BCUT2D eigenvalue weighted by Crippen LogP contribution is 2.30. The Bertz CT molecular complexity index is 576. The van der Waals surface area contributed by atoms with Crippen molar-refractivity contribution in [3.63, 3.8) is 0 Å². The van der Waals surface area contributed by atoms with Crippen molar-refractivity contribution in [1.82, 2.24) is 14.7 Å². The third-order valence-electron chi connectivity index (χ3n) is 4.67. The number of methoxy groups -OCH3 is 1. The summed E-state index contributed by atoms with van der Waals surface area (Å²) in [5.41, 5.74) is 3.40. The summed E-state index contributed by atoms with van der Waals surface area (Å²) in [5.74, 6) is 0.417. The lowest BCUT2D eigenvalue weighted by Gasteiger charge is -2.34. The van der Waals surface area contributed by atoms with Crippen LogP contribution in [0.3, 0.4) is 0 Å². The SMILES string of the molecule is CCn1ncc2c1C(COC)CN(C(=O)C1=CCCCC1)C2. The van der Waals surface area contributed by atoms with Crippen LogP contribution in [-0.2, 0) is 22.6 Å². The lowest BCUT2D eigenvalue weighted by molar-refractivity contribution is -0.128. The Morgan fingerprint density at radius 3 is 3.00 bits per heavy atom. The summed E-state index contributed by atoms with van der Waals surface area (Å²) >= 11 is 0. The average molecular weight is 303 g/mol. The van der Waals surface area contributed by atoms with E-state index < -0.39 is 0 Å². The molecule has 1 aromatic heterocycles. The van der Waals surface area contributed by atoms with E-state index in [1.165, 1.54) is 17.7 Å². The minimum Gasteiger partial charge on any atom is -0.384 e. The van der Waals surface area contributed by atoms with Crippen LogP contribution < -0.4 is 0 Å². The summed E-state index contributed by atoms with van der Waals surface area (Å²) in [7, 11) is 1.72. The number of fused-ring (bicyclic) bond motifs is 1. The molecule has 0 saturated carbocycles. The molecule has 5 nitrogen and oxygen atoms in total. The first-order chi connectivity index (χ1) is 10.7. The van der Waals surface area contributed by atoms with Gasteiger partial charge in [0.1, 0.15) is 0 Å². The molecule has 1 atom stereocenters. The second kappa shape index (κ2) is 6.65. The number of aromatic nitrogens is 2. The Balaban J connectivity index is 1.84. The summed E-state index contributed by atoms with van der Waals surface area (Å²) in [5, 5.41) is 4.46. The molecule has 0 radical (unpaired) electrons. The molecular formula is C17H25N3O2. The average Bonchev–Trinajstić information content (AvgIpc) is 2.98. The van der Waals surface area contributed by atoms with Crippen molar-refractivity contribution >= 4 is 5.91 Å². The Kier molecular flexibility index (Phi) is 4.62. The van der Waals surface area contributed by atoms with Gasteiger partial charge in [0.05, 0.1) is 18.5 Å². The van der Waals surface area contributed by atoms with Gasteiger partial charge in [0.15, 0.2) is 0 Å². The summed E-state index contributed by atoms with van der Waals surface area (Å²) < 4.78 is 7.43. The molecule has 2 heterocycles. The number of nitrogens with zero attached hydrogens (tertiary/aromatic N) is 3. The first kappa shape index (κ1) is 15.3. The molecule has 0 aromatic carbocycles. The van der Waals surface area contributed by atoms with E-state index in [1.54, 1.807) is 7.11 Å². The maximum absolute atomic E-state index is 12.8. The number of ether oxygens (including phenoxy) is 1. The molecular weight excluding hydrogens is 278 g/mol. The van der Waals surface area contributed by atoms with Gasteiger partial charge in [0.25, 0.3) is 0 Å². The van der Waals surface area contributed by atoms with E-state index >= 15 is 0 Å². The van der Waals surface area contributed by atoms with E-state index in [0.717, 1.165) is 37.9 Å². The third-order valence-corrected chi connectivity index (χ3v) is 4.67. The summed E-state index contributed by atoms with van der Waals surface area (Å²) in [4.78, 5) is 14.8. The lowest BCUT2D eigenvalue weighted by Crippen LogP contribution is -2.40. The van der Waals surface area contributed by atoms with E-state index in [4.69, 9.17) is 4.74 Å². The molecule has 1 unspecified atom stereocenters. The smallest absolute Gasteiger partial charge is 0.249 e. The fourth-order valence-electron chi connectivity index (χ4n) is 3.63. The Morgan fingerprint density at radius 2 is 2.32 bits per heavy atom. The van der Waals surface area contributed by atoms with Crippen molar-refractivity contribution in [3.8, 4) is 0 Å². The highest BCUT2D eigenvalue weighted by molar-refractivity contribution is 5.93. The van der Waals surface area contributed by atoms with Crippen LogP contribution in [-0.4, -0.2) is 40.8 Å². The lowest BCUT2D eigenvalue weighted by atomic mass is 9.94. The van der Waals surface area contributed by atoms with Gasteiger partial charge in [-0.15, -0.1) is 0 Å². The van der Waals surface area contributed by atoms with Gasteiger partial charge in [-0.3, -0.25) is 9.48 Å². The molecule has 0 bridgehead atoms. The predicted molar refractivity (Wildman–Crippen MR) is 84.5 cm³/mol. The van der Waals surface area contributed by atoms with Crippen LogP contribution in [0.2, 0.25) is 0 Å². The van der Waals surface area contributed by atoms with Gasteiger partial charge >= 0.3 is 0 Å². The van der Waals surface area contributed by atoms with Crippen LogP contribution in [0.25, 0.3) is 0 Å². The zero-order valence-electron chi connectivity index (χ0n) is 13.5. The van der Waals surface area contributed by atoms with Crippen LogP contribution in [0.5, 0.6) is 0 Å². The molecule has 120 valence electrons. The van der Waals surface area contributed by atoms with Crippen LogP contribution in [0, 0.1) is 0 Å². The van der Waals surface area contributed by atoms with Gasteiger partial charge < -0.3 is 9.64 Å². The topological polar surface area (TPSA) is 47.4 Å². The first-order valence-corrected chi connectivity index (χ1v) is 8.26. The predicted octanol–water partition coefficient (Wildman–Crippen LogP) is 2.48. The maximum atomic E-state index is 12.8. The minimum atomic E-state index is 0.204. The van der Waals surface area contributed by atoms with Crippen molar-refractivity contribution in [3.05, 3.63) is 29.1 Å². The van der Waals surface area contributed by atoms with Gasteiger partial charge in [-0.2, -0.15) is 5.10 Å². The molecule has 2 aliphatic rings. The number of allylic oxidation sites excluding steroid dienone is 1. The van der Waals surface area contributed by atoms with Gasteiger partial charge in [0.2, 0.25) is 5.91 Å². The van der Waals surface area contributed by atoms with Crippen LogP contribution in [0.4, 0.5) is 0 Å². The van der Waals surface area contributed by atoms with Crippen molar-refractivity contribution in [2.75, 3.05) is 20.3 Å². The minimum absolute atomic E-state index is 0.204. The fraction of sp³-hybridized carbons (Fsp3) is 0.647. The molecule has 0 saturated heterocycles. The largest absolute Gasteiger partial charge is 0.384 e. The highest BCUT2D eigenvalue weighted by Gasteiger charge is 2.32. The van der Waals surface area contributed by atoms with Gasteiger partial charge in [-0.25, -0.2) is 0 Å². The van der Waals surface area contributed by atoms with E-state index in [9.17, 15) is 4.79 Å². The standard InChI is InChI=1S/C17H25N3O2/c1-3-20-16-14(9-18-20)10-19(11-15(16)12-22-2)17(21)13-7-5-4-6-8-13/h7,9,15H,3-6,8,10-12H2,1-2H3. The van der Waals surface area contributed by atoms with Gasteiger partial charge in [-0.05, 0) is 32.6 Å². The highest BCUT2D eigenvalue weighted by atomic mass is 16.5. The molecule has 3 rings (SSSR count). The van der Waals surface area contributed by atoms with Crippen molar-refractivity contribution < 1.29 is 9.53 Å². The van der Waals surface area contributed by atoms with Crippen LogP contribution >= 0.6 is 0 Å². The van der Waals surface area contributed by atoms with Crippen molar-refractivity contribution in [2.45, 2.75) is 51.6 Å². The fourth-order valence-corrected chi connectivity index (χ4v) is 3.63. The zero-order valence-corrected chi connectivity index (χ0v) is 13.5. The van der Waals surface area contributed by atoms with Crippen molar-refractivity contribution in [1.29, 1.82) is 0 Å². The summed E-state index contributed by atoms with van der Waals surface area (Å²) in [6, 6.07) is 0. The van der Waals surface area contributed by atoms with Crippen LogP contribution in [0.1, 0.15) is 49.8 Å². The molecule has 5 heteroatoms. The quantitative estimate of drug-likeness (QED) is 0.858. The van der Waals surface area contributed by atoms with Crippen molar-refractivity contribution in [2.24, 2.45) is 0 Å². The molecule has 1 aromatic rings. The van der Waals surface area contributed by atoms with Gasteiger partial charge in [0, 0.05) is 43.8 Å². The maximum Gasteiger partial charge on any atom is 0.249 e. The summed E-state index contributed by atoms with van der Waals surface area (Å²) in [6.45, 7) is 4.98. The molecule has 1 aliphatic carbocycles. The van der Waals surface area contributed by atoms with E-state index in [0.29, 0.717) is 13.2 Å². The molecule has 1 amide bonds. The Labute approximate surface area is 131 Å². The van der Waals surface area contributed by atoms with E-state index in [1.807, 2.05) is 15.8 Å². The number of carbonyl (C=O) groups excluding carboxylic acids is 1. The molecule has 22 heavy (non-hydrogen) atoms. The molecule has 0 spiro atoms. The Morgan fingerprint density at radius 1 is 1.45 bits per heavy atom. The normalized spacial score (nSPS) is 21.5. The van der Waals surface area contributed by atoms with E-state index in [2.05, 4.69) is 18.1 Å². The molecule has 1 aliphatic heterocycles.